The fourth-order valence-electron chi connectivity index (χ4n) is 2.83. The van der Waals surface area contributed by atoms with Crippen LogP contribution >= 0.6 is 11.3 Å². The van der Waals surface area contributed by atoms with Gasteiger partial charge in [-0.05, 0) is 22.4 Å². The van der Waals surface area contributed by atoms with Crippen molar-refractivity contribution in [3.8, 4) is 0 Å². The van der Waals surface area contributed by atoms with Gasteiger partial charge in [0.15, 0.2) is 0 Å². The zero-order valence-electron chi connectivity index (χ0n) is 14.6. The van der Waals surface area contributed by atoms with Crippen molar-refractivity contribution in [3.05, 3.63) is 83.9 Å². The van der Waals surface area contributed by atoms with Crippen LogP contribution in [0, 0.1) is 0 Å². The second-order valence-electron chi connectivity index (χ2n) is 6.10. The maximum absolute atomic E-state index is 12.7. The number of nitrogens with one attached hydrogen (secondary N) is 1. The number of fused-ring (bicyclic) bond motifs is 1. The first kappa shape index (κ1) is 18.3. The number of hydrogen-bond donors (Lipinski definition) is 1. The van der Waals surface area contributed by atoms with Crippen LogP contribution in [0.25, 0.3) is 10.8 Å². The highest BCUT2D eigenvalue weighted by Gasteiger charge is 2.22. The molecule has 8 heteroatoms. The average molecular weight is 409 g/mol. The van der Waals surface area contributed by atoms with Crippen LogP contribution in [0.5, 0.6) is 0 Å². The Bertz CT molecular complexity index is 1250. The Labute approximate surface area is 165 Å². The van der Waals surface area contributed by atoms with E-state index in [2.05, 4.69) is 15.5 Å². The molecule has 0 atom stereocenters. The van der Waals surface area contributed by atoms with Crippen LogP contribution in [-0.2, 0) is 15.6 Å². The Morgan fingerprint density at radius 3 is 2.43 bits per heavy atom. The van der Waals surface area contributed by atoms with Crippen molar-refractivity contribution < 1.29 is 13.2 Å². The van der Waals surface area contributed by atoms with Gasteiger partial charge < -0.3 is 0 Å². The molecule has 1 heterocycles. The van der Waals surface area contributed by atoms with Crippen molar-refractivity contribution >= 4 is 43.0 Å². The normalized spacial score (nSPS) is 11.4. The maximum Gasteiger partial charge on any atom is 0.258 e. The van der Waals surface area contributed by atoms with Crippen LogP contribution in [0.3, 0.4) is 0 Å². The molecule has 0 aliphatic carbocycles. The number of carbonyl (C=O) groups excluding carboxylic acids is 1. The van der Waals surface area contributed by atoms with Crippen LogP contribution in [0.15, 0.2) is 77.1 Å². The molecule has 0 radical (unpaired) electrons. The van der Waals surface area contributed by atoms with E-state index in [-0.39, 0.29) is 21.1 Å². The first-order chi connectivity index (χ1) is 13.5. The minimum Gasteiger partial charge on any atom is -0.296 e. The molecule has 0 aliphatic heterocycles. The summed E-state index contributed by atoms with van der Waals surface area (Å²) in [5.41, 5.74) is 1.15. The average Bonchev–Trinajstić information content (AvgIpc) is 3.17. The number of nitrogens with zero attached hydrogens (tertiary/aromatic N) is 2. The molecule has 1 N–H and O–H groups in total. The third-order valence-electron chi connectivity index (χ3n) is 4.13. The summed E-state index contributed by atoms with van der Waals surface area (Å²) >= 11 is 0.845. The minimum atomic E-state index is -3.63. The Morgan fingerprint density at radius 2 is 1.61 bits per heavy atom. The molecule has 28 heavy (non-hydrogen) atoms. The molecule has 140 valence electrons. The van der Waals surface area contributed by atoms with Gasteiger partial charge in [0, 0.05) is 5.56 Å². The lowest BCUT2D eigenvalue weighted by Crippen LogP contribution is -2.12. The molecule has 0 saturated carbocycles. The summed E-state index contributed by atoms with van der Waals surface area (Å²) in [6.07, 6.45) is 0. The SMILES string of the molecule is O=C(Nc1nnc(S(=O)(=O)Cc2ccccc2)s1)c1cccc2ccccc12. The topological polar surface area (TPSA) is 89.0 Å². The van der Waals surface area contributed by atoms with Gasteiger partial charge in [-0.2, -0.15) is 0 Å². The van der Waals surface area contributed by atoms with Crippen molar-refractivity contribution in [2.24, 2.45) is 0 Å². The fraction of sp³-hybridized carbons (Fsp3) is 0.0500. The largest absolute Gasteiger partial charge is 0.296 e. The molecule has 0 unspecified atom stereocenters. The molecule has 1 amide bonds. The molecule has 1 aromatic heterocycles. The predicted octanol–water partition coefficient (Wildman–Crippen LogP) is 3.92. The van der Waals surface area contributed by atoms with E-state index in [1.54, 1.807) is 36.4 Å². The number of sulfone groups is 1. The fourth-order valence-corrected chi connectivity index (χ4v) is 5.14. The summed E-state index contributed by atoms with van der Waals surface area (Å²) in [4.78, 5) is 12.7. The van der Waals surface area contributed by atoms with Crippen LogP contribution in [-0.4, -0.2) is 24.5 Å². The highest BCUT2D eigenvalue weighted by atomic mass is 32.2. The Hall–Kier alpha value is -3.10. The summed E-state index contributed by atoms with van der Waals surface area (Å²) in [6, 6.07) is 21.8. The van der Waals surface area contributed by atoms with Gasteiger partial charge in [0.1, 0.15) is 0 Å². The number of benzene rings is 3. The van der Waals surface area contributed by atoms with Crippen LogP contribution in [0.2, 0.25) is 0 Å². The van der Waals surface area contributed by atoms with E-state index in [1.807, 2.05) is 36.4 Å². The molecule has 6 nitrogen and oxygen atoms in total. The standard InChI is InChI=1S/C20H15N3O3S2/c24-18(17-12-6-10-15-9-4-5-11-16(15)17)21-19-22-23-20(27-19)28(25,26)13-14-7-2-1-3-8-14/h1-12H,13H2,(H,21,22,24). The Balaban J connectivity index is 1.55. The van der Waals surface area contributed by atoms with Crippen LogP contribution in [0.1, 0.15) is 15.9 Å². The summed E-state index contributed by atoms with van der Waals surface area (Å²) < 4.78 is 25.0. The first-order valence-corrected chi connectivity index (χ1v) is 10.9. The van der Waals surface area contributed by atoms with Gasteiger partial charge in [-0.3, -0.25) is 10.1 Å². The minimum absolute atomic E-state index is 0.121. The molecule has 0 aliphatic rings. The molecule has 3 aromatic carbocycles. The summed E-state index contributed by atoms with van der Waals surface area (Å²) in [6.45, 7) is 0. The lowest BCUT2D eigenvalue weighted by Gasteiger charge is -2.05. The monoisotopic (exact) mass is 409 g/mol. The van der Waals surface area contributed by atoms with E-state index < -0.39 is 9.84 Å². The van der Waals surface area contributed by atoms with Crippen molar-refractivity contribution in [3.63, 3.8) is 0 Å². The molecule has 4 aromatic rings. The quantitative estimate of drug-likeness (QED) is 0.505. The Morgan fingerprint density at radius 1 is 0.893 bits per heavy atom. The molecule has 0 bridgehead atoms. The highest BCUT2D eigenvalue weighted by molar-refractivity contribution is 7.92. The van der Waals surface area contributed by atoms with E-state index in [4.69, 9.17) is 0 Å². The van der Waals surface area contributed by atoms with E-state index >= 15 is 0 Å². The van der Waals surface area contributed by atoms with Gasteiger partial charge in [0.2, 0.25) is 19.3 Å². The summed E-state index contributed by atoms with van der Waals surface area (Å²) in [5.74, 6) is -0.528. The maximum atomic E-state index is 12.7. The lowest BCUT2D eigenvalue weighted by atomic mass is 10.0. The number of anilines is 1. The molecular weight excluding hydrogens is 394 g/mol. The summed E-state index contributed by atoms with van der Waals surface area (Å²) in [7, 11) is -3.63. The van der Waals surface area contributed by atoms with Crippen LogP contribution < -0.4 is 5.32 Å². The Kier molecular flexibility index (Phi) is 4.89. The predicted molar refractivity (Wildman–Crippen MR) is 109 cm³/mol. The van der Waals surface area contributed by atoms with Gasteiger partial charge in [0.05, 0.1) is 5.75 Å². The summed E-state index contributed by atoms with van der Waals surface area (Å²) in [5, 5.41) is 12.1. The van der Waals surface area contributed by atoms with Crippen molar-refractivity contribution in [1.29, 1.82) is 0 Å². The second-order valence-corrected chi connectivity index (χ2v) is 9.24. The number of amides is 1. The van der Waals surface area contributed by atoms with Gasteiger partial charge in [-0.15, -0.1) is 10.2 Å². The van der Waals surface area contributed by atoms with E-state index in [1.165, 1.54) is 0 Å². The molecule has 4 rings (SSSR count). The number of carbonyl (C=O) groups is 1. The van der Waals surface area contributed by atoms with Gasteiger partial charge >= 0.3 is 0 Å². The van der Waals surface area contributed by atoms with E-state index in [0.29, 0.717) is 11.1 Å². The molecule has 0 saturated heterocycles. The third-order valence-corrected chi connectivity index (χ3v) is 7.10. The van der Waals surface area contributed by atoms with Crippen molar-refractivity contribution in [2.75, 3.05) is 5.32 Å². The molecule has 0 spiro atoms. The number of hydrogen-bond acceptors (Lipinski definition) is 6. The zero-order valence-corrected chi connectivity index (χ0v) is 16.2. The van der Waals surface area contributed by atoms with E-state index in [0.717, 1.165) is 22.1 Å². The van der Waals surface area contributed by atoms with Crippen LogP contribution in [0.4, 0.5) is 5.13 Å². The lowest BCUT2D eigenvalue weighted by molar-refractivity contribution is 0.102. The third kappa shape index (κ3) is 3.78. The molecule has 0 fully saturated rings. The second kappa shape index (κ2) is 7.49. The zero-order chi connectivity index (χ0) is 19.6. The van der Waals surface area contributed by atoms with Gasteiger partial charge in [-0.1, -0.05) is 78.1 Å². The number of aromatic nitrogens is 2. The number of rotatable bonds is 5. The van der Waals surface area contributed by atoms with Crippen molar-refractivity contribution in [2.45, 2.75) is 10.1 Å². The smallest absolute Gasteiger partial charge is 0.258 e. The molecular formula is C20H15N3O3S2. The van der Waals surface area contributed by atoms with Gasteiger partial charge in [0.25, 0.3) is 5.91 Å². The van der Waals surface area contributed by atoms with E-state index in [9.17, 15) is 13.2 Å². The first-order valence-electron chi connectivity index (χ1n) is 8.42. The highest BCUT2D eigenvalue weighted by Crippen LogP contribution is 2.25. The van der Waals surface area contributed by atoms with Gasteiger partial charge in [-0.25, -0.2) is 8.42 Å². The van der Waals surface area contributed by atoms with Crippen molar-refractivity contribution in [1.82, 2.24) is 10.2 Å².